The summed E-state index contributed by atoms with van der Waals surface area (Å²) in [6.45, 7) is 0. The summed E-state index contributed by atoms with van der Waals surface area (Å²) in [7, 11) is 0. The summed E-state index contributed by atoms with van der Waals surface area (Å²) < 4.78 is 0. The van der Waals surface area contributed by atoms with Crippen LogP contribution in [-0.4, -0.2) is 15.3 Å². The van der Waals surface area contributed by atoms with Crippen molar-refractivity contribution in [2.75, 3.05) is 0 Å². The van der Waals surface area contributed by atoms with Gasteiger partial charge in [-0.05, 0) is 54.6 Å². The molecule has 3 N–H and O–H groups in total. The van der Waals surface area contributed by atoms with Crippen LogP contribution in [-0.2, 0) is 0 Å². The van der Waals surface area contributed by atoms with Crippen LogP contribution >= 0.6 is 23.2 Å². The summed E-state index contributed by atoms with van der Waals surface area (Å²) in [5, 5.41) is 27.3. The van der Waals surface area contributed by atoms with Crippen molar-refractivity contribution < 1.29 is 15.3 Å². The van der Waals surface area contributed by atoms with Gasteiger partial charge in [-0.15, -0.1) is 0 Å². The average Bonchev–Trinajstić information content (AvgIpc) is 2.52. The average molecular weight is 351 g/mol. The Hall–Kier alpha value is -2.36. The van der Waals surface area contributed by atoms with E-state index in [1.807, 2.05) is 6.07 Å². The standard InChI is InChI=1S/2C6H5ClO.C6H6O/c7-5-1-3-6(8)4-2-5;7-5-2-1-3-6(8)4-5;7-6-4-2-1-3-5-6/h2*1-4,8H;1-5,7H. The predicted molar refractivity (Wildman–Crippen MR) is 94.3 cm³/mol. The number of phenols is 3. The molecule has 3 rings (SSSR count). The number of aromatic hydroxyl groups is 3. The zero-order valence-electron chi connectivity index (χ0n) is 12.1. The van der Waals surface area contributed by atoms with Crippen LogP contribution in [0.25, 0.3) is 0 Å². The molecule has 0 unspecified atom stereocenters. The molecule has 0 heterocycles. The fourth-order valence-corrected chi connectivity index (χ4v) is 1.66. The number of para-hydroxylation sites is 1. The lowest BCUT2D eigenvalue weighted by Gasteiger charge is -1.88. The fraction of sp³-hybridized carbons (Fsp3) is 0. The summed E-state index contributed by atoms with van der Waals surface area (Å²) >= 11 is 11.0. The quantitative estimate of drug-likeness (QED) is 0.502. The number of halogens is 2. The van der Waals surface area contributed by atoms with Gasteiger partial charge < -0.3 is 15.3 Å². The minimum absolute atomic E-state index is 0.206. The first-order valence-electron chi connectivity index (χ1n) is 6.60. The number of phenolic OH excluding ortho intramolecular Hbond substituents is 3. The third kappa shape index (κ3) is 9.30. The van der Waals surface area contributed by atoms with Gasteiger partial charge in [0.1, 0.15) is 17.2 Å². The second kappa shape index (κ2) is 10.4. The van der Waals surface area contributed by atoms with E-state index in [0.29, 0.717) is 15.8 Å². The van der Waals surface area contributed by atoms with Gasteiger partial charge in [0, 0.05) is 10.0 Å². The summed E-state index contributed by atoms with van der Waals surface area (Å²) in [5.74, 6) is 0.773. The lowest BCUT2D eigenvalue weighted by Crippen LogP contribution is -1.61. The molecule has 3 aromatic rings. The minimum Gasteiger partial charge on any atom is -0.508 e. The van der Waals surface area contributed by atoms with Gasteiger partial charge in [-0.2, -0.15) is 0 Å². The first-order valence-corrected chi connectivity index (χ1v) is 7.36. The van der Waals surface area contributed by atoms with Crippen molar-refractivity contribution >= 4 is 23.2 Å². The van der Waals surface area contributed by atoms with Crippen molar-refractivity contribution in [2.45, 2.75) is 0 Å². The predicted octanol–water partition coefficient (Wildman–Crippen LogP) is 5.48. The Morgan fingerprint density at radius 2 is 1.00 bits per heavy atom. The lowest BCUT2D eigenvalue weighted by molar-refractivity contribution is 0.475. The molecular formula is C18H16Cl2O3. The van der Waals surface area contributed by atoms with Crippen molar-refractivity contribution in [2.24, 2.45) is 0 Å². The van der Waals surface area contributed by atoms with Gasteiger partial charge in [0.2, 0.25) is 0 Å². The first-order chi connectivity index (χ1) is 11.0. The fourth-order valence-electron chi connectivity index (χ4n) is 1.35. The number of rotatable bonds is 0. The molecule has 3 nitrogen and oxygen atoms in total. The molecule has 0 aliphatic rings. The van der Waals surface area contributed by atoms with Crippen LogP contribution in [0, 0.1) is 0 Å². The van der Waals surface area contributed by atoms with Crippen LogP contribution in [0.15, 0.2) is 78.9 Å². The zero-order chi connectivity index (χ0) is 17.1. The van der Waals surface area contributed by atoms with Crippen LogP contribution < -0.4 is 0 Å². The highest BCUT2D eigenvalue weighted by Gasteiger charge is 1.85. The third-order valence-electron chi connectivity index (χ3n) is 2.39. The van der Waals surface area contributed by atoms with E-state index in [9.17, 15) is 0 Å². The Morgan fingerprint density at radius 3 is 1.35 bits per heavy atom. The summed E-state index contributed by atoms with van der Waals surface area (Å²) in [6, 6.07) is 21.5. The molecule has 0 saturated heterocycles. The highest BCUT2D eigenvalue weighted by Crippen LogP contribution is 2.14. The molecule has 0 fully saturated rings. The molecule has 0 aliphatic heterocycles. The Kier molecular flexibility index (Phi) is 8.43. The lowest BCUT2D eigenvalue weighted by atomic mass is 10.3. The van der Waals surface area contributed by atoms with E-state index in [1.165, 1.54) is 6.07 Å². The highest BCUT2D eigenvalue weighted by molar-refractivity contribution is 6.30. The van der Waals surface area contributed by atoms with Crippen molar-refractivity contribution in [3.8, 4) is 17.2 Å². The van der Waals surface area contributed by atoms with E-state index >= 15 is 0 Å². The molecule has 0 atom stereocenters. The summed E-state index contributed by atoms with van der Waals surface area (Å²) in [6.07, 6.45) is 0. The Labute approximate surface area is 145 Å². The van der Waals surface area contributed by atoms with Crippen molar-refractivity contribution in [1.29, 1.82) is 0 Å². The van der Waals surface area contributed by atoms with Crippen LogP contribution in [0.2, 0.25) is 10.0 Å². The van der Waals surface area contributed by atoms with E-state index in [4.69, 9.17) is 38.5 Å². The molecule has 0 aliphatic carbocycles. The van der Waals surface area contributed by atoms with E-state index in [-0.39, 0.29) is 11.5 Å². The normalized spacial score (nSPS) is 8.96. The van der Waals surface area contributed by atoms with Gasteiger partial charge in [0.15, 0.2) is 0 Å². The molecule has 0 spiro atoms. The zero-order valence-corrected chi connectivity index (χ0v) is 13.6. The van der Waals surface area contributed by atoms with Crippen LogP contribution in [0.3, 0.4) is 0 Å². The largest absolute Gasteiger partial charge is 0.508 e. The van der Waals surface area contributed by atoms with Crippen molar-refractivity contribution in [1.82, 2.24) is 0 Å². The van der Waals surface area contributed by atoms with Gasteiger partial charge in [-0.1, -0.05) is 47.5 Å². The molecule has 0 amide bonds. The first kappa shape index (κ1) is 18.7. The van der Waals surface area contributed by atoms with Crippen LogP contribution in [0.1, 0.15) is 0 Å². The molecule has 0 radical (unpaired) electrons. The molecule has 120 valence electrons. The second-order valence-corrected chi connectivity index (χ2v) is 5.16. The second-order valence-electron chi connectivity index (χ2n) is 4.29. The Morgan fingerprint density at radius 1 is 0.478 bits per heavy atom. The molecule has 3 aromatic carbocycles. The monoisotopic (exact) mass is 350 g/mol. The van der Waals surface area contributed by atoms with Gasteiger partial charge in [-0.25, -0.2) is 0 Å². The molecule has 23 heavy (non-hydrogen) atoms. The van der Waals surface area contributed by atoms with Crippen molar-refractivity contribution in [3.05, 3.63) is 88.9 Å². The van der Waals surface area contributed by atoms with Gasteiger partial charge in [0.25, 0.3) is 0 Å². The van der Waals surface area contributed by atoms with E-state index in [1.54, 1.807) is 66.7 Å². The van der Waals surface area contributed by atoms with Crippen molar-refractivity contribution in [3.63, 3.8) is 0 Å². The Bertz CT molecular complexity index is 648. The number of hydrogen-bond acceptors (Lipinski definition) is 3. The molecule has 0 saturated carbocycles. The highest BCUT2D eigenvalue weighted by atomic mass is 35.5. The number of benzene rings is 3. The van der Waals surface area contributed by atoms with E-state index in [0.717, 1.165) is 0 Å². The van der Waals surface area contributed by atoms with Gasteiger partial charge >= 0.3 is 0 Å². The van der Waals surface area contributed by atoms with Crippen LogP contribution in [0.5, 0.6) is 17.2 Å². The summed E-state index contributed by atoms with van der Waals surface area (Å²) in [4.78, 5) is 0. The van der Waals surface area contributed by atoms with Gasteiger partial charge in [0.05, 0.1) is 0 Å². The maximum atomic E-state index is 8.73. The smallest absolute Gasteiger partial charge is 0.117 e. The maximum Gasteiger partial charge on any atom is 0.117 e. The summed E-state index contributed by atoms with van der Waals surface area (Å²) in [5.41, 5.74) is 0. The van der Waals surface area contributed by atoms with Crippen LogP contribution in [0.4, 0.5) is 0 Å². The molecule has 0 aromatic heterocycles. The van der Waals surface area contributed by atoms with E-state index < -0.39 is 0 Å². The van der Waals surface area contributed by atoms with E-state index in [2.05, 4.69) is 0 Å². The molecular weight excluding hydrogens is 335 g/mol. The topological polar surface area (TPSA) is 60.7 Å². The minimum atomic E-state index is 0.206. The Balaban J connectivity index is 0.000000173. The maximum absolute atomic E-state index is 8.73. The SMILES string of the molecule is Oc1ccc(Cl)cc1.Oc1cccc(Cl)c1.Oc1ccccc1. The third-order valence-corrected chi connectivity index (χ3v) is 2.88. The molecule has 5 heteroatoms. The van der Waals surface area contributed by atoms with Gasteiger partial charge in [-0.3, -0.25) is 0 Å². The number of hydrogen-bond donors (Lipinski definition) is 3. The molecule has 0 bridgehead atoms.